The highest BCUT2D eigenvalue weighted by atomic mass is 35.5. The zero-order valence-corrected chi connectivity index (χ0v) is 17.2. The van der Waals surface area contributed by atoms with Crippen LogP contribution in [0.15, 0.2) is 30.7 Å². The van der Waals surface area contributed by atoms with Crippen LogP contribution in [0.3, 0.4) is 0 Å². The number of nitrogens with one attached hydrogen (secondary N) is 2. The Balaban J connectivity index is 0.00000256. The van der Waals surface area contributed by atoms with Gasteiger partial charge in [0.15, 0.2) is 5.82 Å². The molecule has 0 spiro atoms. The number of halogens is 4. The molecule has 1 amide bonds. The normalized spacial score (nSPS) is 12.9. The van der Waals surface area contributed by atoms with Gasteiger partial charge in [-0.25, -0.2) is 15.0 Å². The van der Waals surface area contributed by atoms with E-state index in [0.717, 1.165) is 5.39 Å². The van der Waals surface area contributed by atoms with Gasteiger partial charge in [0.25, 0.3) is 0 Å². The van der Waals surface area contributed by atoms with E-state index in [4.69, 9.17) is 11.6 Å². The van der Waals surface area contributed by atoms with Crippen molar-refractivity contribution in [3.63, 3.8) is 0 Å². The molecular formula is C19H24ClF3N6O. The van der Waals surface area contributed by atoms with Gasteiger partial charge in [-0.05, 0) is 18.1 Å². The molecule has 0 fully saturated rings. The molecule has 1 atom stereocenters. The van der Waals surface area contributed by atoms with Crippen molar-refractivity contribution in [2.24, 2.45) is 5.92 Å². The van der Waals surface area contributed by atoms with Crippen molar-refractivity contribution < 1.29 is 20.8 Å². The monoisotopic (exact) mass is 444 g/mol. The van der Waals surface area contributed by atoms with Crippen LogP contribution in [0.4, 0.5) is 19.0 Å². The summed E-state index contributed by atoms with van der Waals surface area (Å²) in [6.07, 6.45) is 0.254. The smallest absolute Gasteiger partial charge is 0.347 e. The van der Waals surface area contributed by atoms with Crippen molar-refractivity contribution >= 4 is 34.4 Å². The Morgan fingerprint density at radius 1 is 1.37 bits per heavy atom. The zero-order valence-electron chi connectivity index (χ0n) is 16.5. The van der Waals surface area contributed by atoms with Crippen LogP contribution in [0, 0.1) is 5.92 Å². The van der Waals surface area contributed by atoms with E-state index < -0.39 is 24.7 Å². The lowest BCUT2D eigenvalue weighted by Gasteiger charge is -2.31. The quantitative estimate of drug-likeness (QED) is 0.591. The Labute approximate surface area is 178 Å². The molecule has 11 heteroatoms. The van der Waals surface area contributed by atoms with E-state index in [1.54, 1.807) is 44.1 Å². The van der Waals surface area contributed by atoms with E-state index in [9.17, 15) is 18.0 Å². The van der Waals surface area contributed by atoms with Crippen molar-refractivity contribution in [2.75, 3.05) is 18.5 Å². The lowest BCUT2D eigenvalue weighted by Crippen LogP contribution is -2.50. The minimum atomic E-state index is -4.48. The number of pyridine rings is 1. The van der Waals surface area contributed by atoms with Gasteiger partial charge in [-0.1, -0.05) is 25.4 Å². The van der Waals surface area contributed by atoms with Crippen LogP contribution in [0.5, 0.6) is 0 Å². The van der Waals surface area contributed by atoms with Gasteiger partial charge in [0, 0.05) is 39.4 Å². The maximum Gasteiger partial charge on any atom is 0.405 e. The molecule has 3 rings (SSSR count). The maximum absolute atomic E-state index is 12.5. The molecule has 7 nitrogen and oxygen atoms in total. The van der Waals surface area contributed by atoms with Crippen LogP contribution in [-0.4, -0.2) is 51.7 Å². The molecule has 0 radical (unpaired) electrons. The van der Waals surface area contributed by atoms with Crippen molar-refractivity contribution in [3.05, 3.63) is 35.7 Å². The molecule has 164 valence electrons. The Kier molecular flexibility index (Phi) is 6.16. The van der Waals surface area contributed by atoms with Crippen LogP contribution < -0.4 is 10.2 Å². The third kappa shape index (κ3) is 4.81. The number of aromatic amines is 1. The van der Waals surface area contributed by atoms with Crippen molar-refractivity contribution in [1.82, 2.24) is 25.3 Å². The largest absolute Gasteiger partial charge is 0.405 e. The van der Waals surface area contributed by atoms with Crippen LogP contribution >= 0.6 is 11.6 Å². The Bertz CT molecular complexity index is 1060. The van der Waals surface area contributed by atoms with Crippen LogP contribution in [0.2, 0.25) is 5.02 Å². The topological polar surface area (TPSA) is 86.8 Å². The number of amides is 1. The molecule has 30 heavy (non-hydrogen) atoms. The number of carbonyl (C=O) groups is 1. The number of aromatic nitrogens is 4. The highest BCUT2D eigenvalue weighted by Crippen LogP contribution is 2.28. The van der Waals surface area contributed by atoms with Gasteiger partial charge in [0.2, 0.25) is 5.91 Å². The number of likely N-dealkylation sites (N-methyl/N-ethyl adjacent to an activating group) is 1. The summed E-state index contributed by atoms with van der Waals surface area (Å²) in [5.74, 6) is -0.233. The summed E-state index contributed by atoms with van der Waals surface area (Å²) < 4.78 is 37.5. The Morgan fingerprint density at radius 2 is 2.10 bits per heavy atom. The maximum atomic E-state index is 12.5. The summed E-state index contributed by atoms with van der Waals surface area (Å²) in [7, 11) is 1.61. The molecule has 3 heterocycles. The van der Waals surface area contributed by atoms with Gasteiger partial charge >= 0.3 is 6.18 Å². The molecule has 0 aromatic carbocycles. The number of nitrogens with zero attached hydrogens (tertiary/aromatic N) is 4. The number of carbonyl (C=O) groups excluding carboxylic acids is 1. The fourth-order valence-corrected chi connectivity index (χ4v) is 3.36. The number of H-pyrrole nitrogens is 1. The average molecular weight is 445 g/mol. The van der Waals surface area contributed by atoms with E-state index in [2.05, 4.69) is 19.9 Å². The first-order valence-corrected chi connectivity index (χ1v) is 9.48. The number of anilines is 1. The molecule has 3 aromatic rings. The number of rotatable bonds is 6. The summed E-state index contributed by atoms with van der Waals surface area (Å²) in [6.45, 7) is 2.12. The predicted molar refractivity (Wildman–Crippen MR) is 112 cm³/mol. The lowest BCUT2D eigenvalue weighted by molar-refractivity contribution is -0.139. The van der Waals surface area contributed by atoms with Crippen LogP contribution in [0.25, 0.3) is 22.4 Å². The second-order valence-corrected chi connectivity index (χ2v) is 7.56. The number of alkyl halides is 3. The van der Waals surface area contributed by atoms with E-state index >= 15 is 0 Å². The van der Waals surface area contributed by atoms with Crippen LogP contribution in [0.1, 0.15) is 16.7 Å². The fraction of sp³-hybridized carbons (Fsp3) is 0.368. The van der Waals surface area contributed by atoms with Crippen molar-refractivity contribution in [3.8, 4) is 11.4 Å². The lowest BCUT2D eigenvalue weighted by atomic mass is 10.0. The summed E-state index contributed by atoms with van der Waals surface area (Å²) in [4.78, 5) is 30.0. The molecule has 0 aliphatic heterocycles. The summed E-state index contributed by atoms with van der Waals surface area (Å²) in [6, 6.07) is 2.47. The molecule has 2 N–H and O–H groups in total. The fourth-order valence-electron chi connectivity index (χ4n) is 3.20. The van der Waals surface area contributed by atoms with E-state index in [-0.39, 0.29) is 8.77 Å². The summed E-state index contributed by atoms with van der Waals surface area (Å²) in [5.41, 5.74) is 1.28. The zero-order chi connectivity index (χ0) is 22.1. The Morgan fingerprint density at radius 3 is 2.77 bits per heavy atom. The van der Waals surface area contributed by atoms with Gasteiger partial charge in [0.05, 0.1) is 5.02 Å². The summed E-state index contributed by atoms with van der Waals surface area (Å²) >= 11 is 6.04. The molecule has 0 aliphatic carbocycles. The predicted octanol–water partition coefficient (Wildman–Crippen LogP) is 4.30. The minimum Gasteiger partial charge on any atom is -0.347 e. The van der Waals surface area contributed by atoms with E-state index in [1.165, 1.54) is 12.4 Å². The van der Waals surface area contributed by atoms with E-state index in [0.29, 0.717) is 27.9 Å². The SMILES string of the molecule is CC(C)[C@H](C(=O)NCC(F)(F)F)N(C)c1ccnc(-c2c[nH]c3ncc(Cl)cc23)n1.[HH].[HH]. The highest BCUT2D eigenvalue weighted by molar-refractivity contribution is 6.31. The number of hydrogen-bond donors (Lipinski definition) is 2. The average Bonchev–Trinajstić information content (AvgIpc) is 3.08. The molecule has 0 aliphatic rings. The number of hydrogen-bond acceptors (Lipinski definition) is 5. The van der Waals surface area contributed by atoms with Gasteiger partial charge in [-0.3, -0.25) is 4.79 Å². The van der Waals surface area contributed by atoms with Crippen molar-refractivity contribution in [2.45, 2.75) is 26.1 Å². The standard InChI is InChI=1S/C19H20ClF3N6O.2H2/c1-10(2)15(18(30)27-9-19(21,22)23)29(3)14-4-5-24-17(28-14)13-8-26-16-12(13)6-11(20)7-25-16;;/h4-8,10,15H,9H2,1-3H3,(H,25,26)(H,27,30);2*1H/t15-;;/m1../s1. The van der Waals surface area contributed by atoms with Gasteiger partial charge < -0.3 is 15.2 Å². The second kappa shape index (κ2) is 8.47. The summed E-state index contributed by atoms with van der Waals surface area (Å²) in [5, 5.41) is 3.13. The Hall–Kier alpha value is -2.88. The third-order valence-electron chi connectivity index (χ3n) is 4.52. The highest BCUT2D eigenvalue weighted by Gasteiger charge is 2.32. The third-order valence-corrected chi connectivity index (χ3v) is 4.73. The minimum absolute atomic E-state index is 0. The molecule has 0 saturated carbocycles. The van der Waals surface area contributed by atoms with Crippen LogP contribution in [-0.2, 0) is 4.79 Å². The second-order valence-electron chi connectivity index (χ2n) is 7.12. The first kappa shape index (κ1) is 21.8. The molecule has 3 aromatic heterocycles. The van der Waals surface area contributed by atoms with E-state index in [1.807, 2.05) is 5.32 Å². The van der Waals surface area contributed by atoms with Gasteiger partial charge in [-0.2, -0.15) is 13.2 Å². The van der Waals surface area contributed by atoms with Gasteiger partial charge in [-0.15, -0.1) is 0 Å². The van der Waals surface area contributed by atoms with Gasteiger partial charge in [0.1, 0.15) is 24.1 Å². The first-order valence-electron chi connectivity index (χ1n) is 9.10. The molecule has 0 bridgehead atoms. The molecule has 0 saturated heterocycles. The van der Waals surface area contributed by atoms with Crippen molar-refractivity contribution in [1.29, 1.82) is 0 Å². The molecule has 0 unspecified atom stereocenters. The molecular weight excluding hydrogens is 421 g/mol. The number of fused-ring (bicyclic) bond motifs is 1. The first-order chi connectivity index (χ1) is 14.1.